The molecule has 3 nitrogen and oxygen atoms in total. The fourth-order valence-corrected chi connectivity index (χ4v) is 2.67. The number of rotatable bonds is 9. The molecule has 1 rings (SSSR count). The van der Waals surface area contributed by atoms with Crippen LogP contribution in [-0.4, -0.2) is 36.1 Å². The van der Waals surface area contributed by atoms with Crippen molar-refractivity contribution in [2.75, 3.05) is 19.6 Å². The van der Waals surface area contributed by atoms with Crippen molar-refractivity contribution in [2.45, 2.75) is 65.5 Å². The van der Waals surface area contributed by atoms with Gasteiger partial charge in [0.15, 0.2) is 0 Å². The number of hydrogen-bond donors (Lipinski definition) is 1. The van der Waals surface area contributed by atoms with Crippen LogP contribution in [-0.2, 0) is 0 Å². The van der Waals surface area contributed by atoms with E-state index in [1.165, 1.54) is 12.8 Å². The second-order valence-electron chi connectivity index (χ2n) is 6.70. The second-order valence-corrected chi connectivity index (χ2v) is 6.70. The van der Waals surface area contributed by atoms with E-state index in [9.17, 15) is 5.26 Å². The highest BCUT2D eigenvalue weighted by molar-refractivity contribution is 5.16. The third-order valence-corrected chi connectivity index (χ3v) is 3.95. The van der Waals surface area contributed by atoms with Gasteiger partial charge in [-0.25, -0.2) is 0 Å². The minimum absolute atomic E-state index is 0.324. The molecule has 0 aliphatic heterocycles. The lowest BCUT2D eigenvalue weighted by molar-refractivity contribution is 0.145. The van der Waals surface area contributed by atoms with Crippen LogP contribution in [0.25, 0.3) is 0 Å². The molecule has 1 atom stereocenters. The van der Waals surface area contributed by atoms with Gasteiger partial charge in [0.1, 0.15) is 5.54 Å². The van der Waals surface area contributed by atoms with Gasteiger partial charge in [0.2, 0.25) is 0 Å². The highest BCUT2D eigenvalue weighted by Gasteiger charge is 2.46. The summed E-state index contributed by atoms with van der Waals surface area (Å²) >= 11 is 0. The molecule has 1 saturated carbocycles. The van der Waals surface area contributed by atoms with Gasteiger partial charge in [-0.15, -0.1) is 0 Å². The molecule has 0 aromatic rings. The lowest BCUT2D eigenvalue weighted by Gasteiger charge is -2.37. The number of nitrogens with zero attached hydrogens (tertiary/aromatic N) is 2. The molecule has 0 saturated heterocycles. The van der Waals surface area contributed by atoms with Gasteiger partial charge in [-0.3, -0.25) is 10.2 Å². The van der Waals surface area contributed by atoms with Crippen LogP contribution in [0.4, 0.5) is 0 Å². The Kier molecular flexibility index (Phi) is 6.29. The van der Waals surface area contributed by atoms with Gasteiger partial charge in [-0.2, -0.15) is 5.26 Å². The minimum Gasteiger partial charge on any atom is -0.298 e. The first-order valence-electron chi connectivity index (χ1n) is 7.85. The maximum atomic E-state index is 9.74. The fourth-order valence-electron chi connectivity index (χ4n) is 2.67. The predicted octanol–water partition coefficient (Wildman–Crippen LogP) is 3.02. The quantitative estimate of drug-likeness (QED) is 0.696. The monoisotopic (exact) mass is 265 g/mol. The van der Waals surface area contributed by atoms with E-state index in [1.807, 2.05) is 0 Å². The standard InChI is InChI=1S/C16H31N3/c1-6-9-18-16(11-17,15-7-8-15)12-19(14(4)5)10-13(2)3/h13-15,18H,6-10,12H2,1-5H3. The summed E-state index contributed by atoms with van der Waals surface area (Å²) < 4.78 is 0. The number of nitriles is 1. The van der Waals surface area contributed by atoms with Crippen LogP contribution in [0.2, 0.25) is 0 Å². The smallest absolute Gasteiger partial charge is 0.122 e. The molecule has 0 amide bonds. The van der Waals surface area contributed by atoms with Crippen molar-refractivity contribution in [1.29, 1.82) is 5.26 Å². The van der Waals surface area contributed by atoms with E-state index in [-0.39, 0.29) is 5.54 Å². The predicted molar refractivity (Wildman–Crippen MR) is 80.9 cm³/mol. The lowest BCUT2D eigenvalue weighted by atomic mass is 9.92. The van der Waals surface area contributed by atoms with Gasteiger partial charge in [0.05, 0.1) is 6.07 Å². The van der Waals surface area contributed by atoms with E-state index in [1.54, 1.807) is 0 Å². The molecule has 0 heterocycles. The molecule has 0 bridgehead atoms. The van der Waals surface area contributed by atoms with Gasteiger partial charge >= 0.3 is 0 Å². The molecule has 0 aromatic carbocycles. The summed E-state index contributed by atoms with van der Waals surface area (Å²) in [6.45, 7) is 14.0. The zero-order valence-corrected chi connectivity index (χ0v) is 13.4. The molecule has 0 radical (unpaired) electrons. The Bertz CT molecular complexity index is 302. The van der Waals surface area contributed by atoms with Crippen molar-refractivity contribution in [1.82, 2.24) is 10.2 Å². The Labute approximate surface area is 119 Å². The molecule has 1 N–H and O–H groups in total. The Hall–Kier alpha value is -0.590. The van der Waals surface area contributed by atoms with Crippen LogP contribution in [0.15, 0.2) is 0 Å². The Morgan fingerprint density at radius 3 is 2.32 bits per heavy atom. The summed E-state index contributed by atoms with van der Waals surface area (Å²) in [5.74, 6) is 1.20. The normalized spacial score (nSPS) is 18.9. The van der Waals surface area contributed by atoms with Gasteiger partial charge in [0, 0.05) is 19.1 Å². The molecule has 1 aliphatic carbocycles. The van der Waals surface area contributed by atoms with Gasteiger partial charge in [-0.1, -0.05) is 20.8 Å². The molecular formula is C16H31N3. The summed E-state index contributed by atoms with van der Waals surface area (Å²) in [5.41, 5.74) is -0.324. The Morgan fingerprint density at radius 2 is 1.95 bits per heavy atom. The SMILES string of the molecule is CCCNC(C#N)(CN(CC(C)C)C(C)C)C1CC1. The first-order valence-corrected chi connectivity index (χ1v) is 7.85. The molecular weight excluding hydrogens is 234 g/mol. The van der Waals surface area contributed by atoms with Gasteiger partial charge < -0.3 is 0 Å². The third-order valence-electron chi connectivity index (χ3n) is 3.95. The van der Waals surface area contributed by atoms with Crippen molar-refractivity contribution in [3.05, 3.63) is 0 Å². The van der Waals surface area contributed by atoms with Crippen LogP contribution in [0.1, 0.15) is 53.9 Å². The topological polar surface area (TPSA) is 39.1 Å². The molecule has 1 aliphatic rings. The van der Waals surface area contributed by atoms with Crippen LogP contribution in [0.3, 0.4) is 0 Å². The van der Waals surface area contributed by atoms with E-state index in [0.717, 1.165) is 26.1 Å². The van der Waals surface area contributed by atoms with Crippen molar-refractivity contribution in [2.24, 2.45) is 11.8 Å². The summed E-state index contributed by atoms with van der Waals surface area (Å²) in [7, 11) is 0. The Balaban J connectivity index is 2.76. The largest absolute Gasteiger partial charge is 0.298 e. The second kappa shape index (κ2) is 7.26. The van der Waals surface area contributed by atoms with Crippen molar-refractivity contribution >= 4 is 0 Å². The van der Waals surface area contributed by atoms with Crippen LogP contribution in [0, 0.1) is 23.2 Å². The molecule has 0 spiro atoms. The molecule has 110 valence electrons. The number of nitrogens with one attached hydrogen (secondary N) is 1. The first-order chi connectivity index (χ1) is 8.95. The van der Waals surface area contributed by atoms with Crippen molar-refractivity contribution < 1.29 is 0 Å². The zero-order chi connectivity index (χ0) is 14.5. The highest BCUT2D eigenvalue weighted by Crippen LogP contribution is 2.40. The lowest BCUT2D eigenvalue weighted by Crippen LogP contribution is -2.56. The van der Waals surface area contributed by atoms with Crippen LogP contribution < -0.4 is 5.32 Å². The number of hydrogen-bond acceptors (Lipinski definition) is 3. The maximum absolute atomic E-state index is 9.74. The average molecular weight is 265 g/mol. The molecule has 1 fully saturated rings. The maximum Gasteiger partial charge on any atom is 0.122 e. The van der Waals surface area contributed by atoms with Crippen molar-refractivity contribution in [3.63, 3.8) is 0 Å². The Morgan fingerprint density at radius 1 is 1.32 bits per heavy atom. The first kappa shape index (κ1) is 16.5. The van der Waals surface area contributed by atoms with Crippen LogP contribution in [0.5, 0.6) is 0 Å². The molecule has 1 unspecified atom stereocenters. The van der Waals surface area contributed by atoms with Gasteiger partial charge in [-0.05, 0) is 51.5 Å². The van der Waals surface area contributed by atoms with E-state index in [4.69, 9.17) is 0 Å². The third kappa shape index (κ3) is 4.78. The molecule has 0 aromatic heterocycles. The summed E-state index contributed by atoms with van der Waals surface area (Å²) in [4.78, 5) is 2.47. The summed E-state index contributed by atoms with van der Waals surface area (Å²) in [6, 6.07) is 3.12. The van der Waals surface area contributed by atoms with E-state index < -0.39 is 0 Å². The zero-order valence-electron chi connectivity index (χ0n) is 13.4. The van der Waals surface area contributed by atoms with E-state index in [2.05, 4.69) is 50.9 Å². The highest BCUT2D eigenvalue weighted by atomic mass is 15.2. The van der Waals surface area contributed by atoms with Gasteiger partial charge in [0.25, 0.3) is 0 Å². The van der Waals surface area contributed by atoms with Crippen LogP contribution >= 0.6 is 0 Å². The summed E-state index contributed by atoms with van der Waals surface area (Å²) in [5, 5.41) is 13.3. The molecule has 3 heteroatoms. The molecule has 19 heavy (non-hydrogen) atoms. The summed E-state index contributed by atoms with van der Waals surface area (Å²) in [6.07, 6.45) is 3.50. The van der Waals surface area contributed by atoms with E-state index in [0.29, 0.717) is 17.9 Å². The van der Waals surface area contributed by atoms with E-state index >= 15 is 0 Å². The van der Waals surface area contributed by atoms with Crippen molar-refractivity contribution in [3.8, 4) is 6.07 Å². The average Bonchev–Trinajstić information content (AvgIpc) is 3.17. The minimum atomic E-state index is -0.324. The fraction of sp³-hybridized carbons (Fsp3) is 0.938.